The second-order valence-corrected chi connectivity index (χ2v) is 10.6. The highest BCUT2D eigenvalue weighted by Crippen LogP contribution is 2.47. The van der Waals surface area contributed by atoms with Gasteiger partial charge in [-0.1, -0.05) is 30.7 Å². The van der Waals surface area contributed by atoms with Gasteiger partial charge < -0.3 is 28.4 Å². The van der Waals surface area contributed by atoms with Crippen LogP contribution in [0.4, 0.5) is 9.59 Å². The molecule has 9 nitrogen and oxygen atoms in total. The van der Waals surface area contributed by atoms with E-state index in [0.717, 1.165) is 53.2 Å². The number of benzene rings is 3. The van der Waals surface area contributed by atoms with Crippen molar-refractivity contribution >= 4 is 23.5 Å². The van der Waals surface area contributed by atoms with Gasteiger partial charge in [-0.25, -0.2) is 9.59 Å². The Balaban J connectivity index is 1.41. The van der Waals surface area contributed by atoms with Crippen molar-refractivity contribution < 1.29 is 38.0 Å². The van der Waals surface area contributed by atoms with Crippen LogP contribution in [0.3, 0.4) is 0 Å². The lowest BCUT2D eigenvalue weighted by atomic mass is 9.86. The number of hydrogen-bond donors (Lipinski definition) is 0. The predicted octanol–water partition coefficient (Wildman–Crippen LogP) is 7.69. The van der Waals surface area contributed by atoms with E-state index in [1.54, 1.807) is 38.1 Å². The van der Waals surface area contributed by atoms with E-state index in [2.05, 4.69) is 4.90 Å². The van der Waals surface area contributed by atoms with Crippen LogP contribution in [0.1, 0.15) is 62.8 Å². The third kappa shape index (κ3) is 7.71. The fourth-order valence-corrected chi connectivity index (χ4v) is 5.51. The summed E-state index contributed by atoms with van der Waals surface area (Å²) < 4.78 is 33.1. The van der Waals surface area contributed by atoms with Gasteiger partial charge in [-0.2, -0.15) is 0 Å². The summed E-state index contributed by atoms with van der Waals surface area (Å²) in [7, 11) is 0. The molecule has 2 aliphatic heterocycles. The Hall–Kier alpha value is -4.50. The number of carbonyl (C=O) groups is 2. The van der Waals surface area contributed by atoms with E-state index < -0.39 is 18.4 Å². The quantitative estimate of drug-likeness (QED) is 0.171. The second-order valence-electron chi connectivity index (χ2n) is 10.6. The Kier molecular flexibility index (Phi) is 10.4. The van der Waals surface area contributed by atoms with Crippen LogP contribution < -0.4 is 18.9 Å². The largest absolute Gasteiger partial charge is 0.513 e. The maximum absolute atomic E-state index is 11.9. The second kappa shape index (κ2) is 14.8. The lowest BCUT2D eigenvalue weighted by molar-refractivity contribution is 0.103. The summed E-state index contributed by atoms with van der Waals surface area (Å²) in [4.78, 5) is 26.2. The molecule has 3 aromatic rings. The molecule has 2 heterocycles. The molecule has 0 spiro atoms. The summed E-state index contributed by atoms with van der Waals surface area (Å²) in [6.45, 7) is 9.77. The van der Waals surface area contributed by atoms with Crippen molar-refractivity contribution in [2.24, 2.45) is 0 Å². The summed E-state index contributed by atoms with van der Waals surface area (Å²) in [5.74, 6) is 2.10. The maximum atomic E-state index is 11.9. The van der Waals surface area contributed by atoms with Gasteiger partial charge in [0.2, 0.25) is 0 Å². The lowest BCUT2D eigenvalue weighted by Gasteiger charge is -2.31. The Morgan fingerprint density at radius 3 is 2.07 bits per heavy atom. The molecule has 0 bridgehead atoms. The molecule has 1 saturated heterocycles. The highest BCUT2D eigenvalue weighted by Gasteiger charge is 2.30. The van der Waals surface area contributed by atoms with Crippen molar-refractivity contribution in [3.05, 3.63) is 83.4 Å². The molecule has 44 heavy (non-hydrogen) atoms. The van der Waals surface area contributed by atoms with Crippen LogP contribution in [-0.4, -0.2) is 56.7 Å². The summed E-state index contributed by atoms with van der Waals surface area (Å²) in [6.07, 6.45) is 1.84. The molecule has 232 valence electrons. The van der Waals surface area contributed by atoms with Crippen LogP contribution in [0.5, 0.6) is 23.0 Å². The molecule has 0 aliphatic carbocycles. The third-order valence-corrected chi connectivity index (χ3v) is 7.67. The molecule has 1 fully saturated rings. The molecule has 0 N–H and O–H groups in total. The van der Waals surface area contributed by atoms with Crippen molar-refractivity contribution in [2.45, 2.75) is 46.1 Å². The number of piperidine rings is 1. The van der Waals surface area contributed by atoms with Crippen molar-refractivity contribution in [2.75, 3.05) is 39.5 Å². The zero-order valence-electron chi connectivity index (χ0n) is 25.5. The van der Waals surface area contributed by atoms with E-state index in [1.165, 1.54) is 19.3 Å². The minimum Gasteiger partial charge on any atom is -0.492 e. The first-order chi connectivity index (χ1) is 21.4. The Bertz CT molecular complexity index is 1460. The van der Waals surface area contributed by atoms with Gasteiger partial charge in [0.1, 0.15) is 35.7 Å². The fourth-order valence-electron chi connectivity index (χ4n) is 5.51. The summed E-state index contributed by atoms with van der Waals surface area (Å²) in [6, 6.07) is 20.5. The van der Waals surface area contributed by atoms with Crippen LogP contribution in [-0.2, 0) is 9.47 Å². The lowest BCUT2D eigenvalue weighted by Crippen LogP contribution is -2.33. The van der Waals surface area contributed by atoms with E-state index in [4.69, 9.17) is 28.4 Å². The summed E-state index contributed by atoms with van der Waals surface area (Å²) in [5, 5.41) is 0. The first-order valence-corrected chi connectivity index (χ1v) is 15.2. The number of hydrogen-bond acceptors (Lipinski definition) is 9. The highest BCUT2D eigenvalue weighted by atomic mass is 16.7. The van der Waals surface area contributed by atoms with Crippen LogP contribution >= 0.6 is 0 Å². The van der Waals surface area contributed by atoms with Crippen molar-refractivity contribution in [3.8, 4) is 23.0 Å². The third-order valence-electron chi connectivity index (χ3n) is 7.67. The Labute approximate surface area is 258 Å². The van der Waals surface area contributed by atoms with Gasteiger partial charge in [0.15, 0.2) is 0 Å². The SMILES string of the molecule is CCOC(=O)Oc1ccc(C2=C(C)c3ccc(OC(=O)OCC)cc3OC2c2ccc(OCCN3CCCCC3)cc2)cc1. The molecule has 9 heteroatoms. The smallest absolute Gasteiger partial charge is 0.492 e. The van der Waals surface area contributed by atoms with E-state index in [-0.39, 0.29) is 13.2 Å². The molecular formula is C35H39NO8. The molecule has 0 saturated carbocycles. The van der Waals surface area contributed by atoms with Gasteiger partial charge in [-0.05, 0) is 99.8 Å². The summed E-state index contributed by atoms with van der Waals surface area (Å²) >= 11 is 0. The van der Waals surface area contributed by atoms with Crippen molar-refractivity contribution in [1.82, 2.24) is 4.90 Å². The minimum atomic E-state index is -0.770. The van der Waals surface area contributed by atoms with Gasteiger partial charge in [0.05, 0.1) is 13.2 Å². The Morgan fingerprint density at radius 2 is 1.41 bits per heavy atom. The van der Waals surface area contributed by atoms with E-state index >= 15 is 0 Å². The van der Waals surface area contributed by atoms with Gasteiger partial charge in [-0.3, -0.25) is 4.90 Å². The first kappa shape index (κ1) is 30.9. The number of likely N-dealkylation sites (tertiary alicyclic amines) is 1. The monoisotopic (exact) mass is 601 g/mol. The van der Waals surface area contributed by atoms with Crippen LogP contribution in [0.25, 0.3) is 11.1 Å². The highest BCUT2D eigenvalue weighted by molar-refractivity contribution is 5.95. The van der Waals surface area contributed by atoms with Crippen molar-refractivity contribution in [3.63, 3.8) is 0 Å². The molecule has 1 atom stereocenters. The first-order valence-electron chi connectivity index (χ1n) is 15.2. The Morgan fingerprint density at radius 1 is 0.795 bits per heavy atom. The van der Waals surface area contributed by atoms with Crippen molar-refractivity contribution in [1.29, 1.82) is 0 Å². The fraction of sp³-hybridized carbons (Fsp3) is 0.371. The average molecular weight is 602 g/mol. The molecule has 3 aromatic carbocycles. The summed E-state index contributed by atoms with van der Waals surface area (Å²) in [5.41, 5.74) is 4.66. The zero-order valence-corrected chi connectivity index (χ0v) is 25.5. The average Bonchev–Trinajstić information content (AvgIpc) is 3.02. The number of carbonyl (C=O) groups excluding carboxylic acids is 2. The number of allylic oxidation sites excluding steroid dienone is 1. The molecule has 5 rings (SSSR count). The number of nitrogens with zero attached hydrogens (tertiary/aromatic N) is 1. The molecule has 0 amide bonds. The number of fused-ring (bicyclic) bond motifs is 1. The van der Waals surface area contributed by atoms with Gasteiger partial charge in [0, 0.05) is 23.7 Å². The molecule has 1 unspecified atom stereocenters. The molecule has 0 radical (unpaired) electrons. The number of ether oxygens (including phenoxy) is 6. The molecule has 0 aromatic heterocycles. The van der Waals surface area contributed by atoms with Gasteiger partial charge >= 0.3 is 12.3 Å². The van der Waals surface area contributed by atoms with Gasteiger partial charge in [-0.15, -0.1) is 0 Å². The van der Waals surface area contributed by atoms with E-state index in [1.807, 2.05) is 49.4 Å². The topological polar surface area (TPSA) is 92.8 Å². The van der Waals surface area contributed by atoms with E-state index in [9.17, 15) is 9.59 Å². The van der Waals surface area contributed by atoms with Crippen LogP contribution in [0.2, 0.25) is 0 Å². The zero-order chi connectivity index (χ0) is 30.9. The van der Waals surface area contributed by atoms with Gasteiger partial charge in [0.25, 0.3) is 0 Å². The maximum Gasteiger partial charge on any atom is 0.513 e. The number of rotatable bonds is 10. The van der Waals surface area contributed by atoms with Crippen LogP contribution in [0.15, 0.2) is 66.7 Å². The minimum absolute atomic E-state index is 0.217. The van der Waals surface area contributed by atoms with Crippen LogP contribution in [0, 0.1) is 0 Å². The predicted molar refractivity (Wildman–Crippen MR) is 166 cm³/mol. The normalized spacial score (nSPS) is 16.4. The molecule has 2 aliphatic rings. The standard InChI is InChI=1S/C35H39NO8/c1-4-39-34(37)42-28-15-9-25(10-16-28)32-24(3)30-18-17-29(43-35(38)40-5-2)23-31(30)44-33(32)26-11-13-27(14-12-26)41-22-21-36-19-7-6-8-20-36/h9-18,23,33H,4-8,19-22H2,1-3H3. The molecular weight excluding hydrogens is 562 g/mol. The van der Waals surface area contributed by atoms with E-state index in [0.29, 0.717) is 23.9 Å².